The lowest BCUT2D eigenvalue weighted by Gasteiger charge is -2.21. The molecule has 1 aromatic carbocycles. The third-order valence-corrected chi connectivity index (χ3v) is 5.64. The van der Waals surface area contributed by atoms with Crippen LogP contribution in [-0.4, -0.2) is 16.3 Å². The molecule has 92 valence electrons. The van der Waals surface area contributed by atoms with Crippen molar-refractivity contribution in [3.63, 3.8) is 0 Å². The molecule has 1 heterocycles. The van der Waals surface area contributed by atoms with Gasteiger partial charge in [0.15, 0.2) is 5.78 Å². The second-order valence-corrected chi connectivity index (χ2v) is 6.89. The number of ketones is 1. The smallest absolute Gasteiger partial charge is 0.152 e. The fraction of sp³-hybridized carbons (Fsp3) is 0.462. The predicted molar refractivity (Wildman–Crippen MR) is 72.9 cm³/mol. The van der Waals surface area contributed by atoms with Gasteiger partial charge in [0.1, 0.15) is 5.82 Å². The average molecular weight is 317 g/mol. The molecule has 0 spiro atoms. The Balaban J connectivity index is 2.16. The number of carbonyl (C=O) groups excluding carboxylic acids is 1. The molecule has 0 bridgehead atoms. The van der Waals surface area contributed by atoms with E-state index < -0.39 is 0 Å². The summed E-state index contributed by atoms with van der Waals surface area (Å²) >= 11 is 4.92. The van der Waals surface area contributed by atoms with Crippen LogP contribution < -0.4 is 0 Å². The molecular weight excluding hydrogens is 303 g/mol. The molecule has 1 nitrogen and oxygen atoms in total. The summed E-state index contributed by atoms with van der Waals surface area (Å²) in [7, 11) is 0. The van der Waals surface area contributed by atoms with Crippen molar-refractivity contribution >= 4 is 33.5 Å². The normalized spacial score (nSPS) is 23.9. The van der Waals surface area contributed by atoms with Crippen LogP contribution in [0.3, 0.4) is 0 Å². The van der Waals surface area contributed by atoms with E-state index in [1.54, 1.807) is 23.9 Å². The highest BCUT2D eigenvalue weighted by Gasteiger charge is 2.36. The van der Waals surface area contributed by atoms with Crippen molar-refractivity contribution < 1.29 is 9.18 Å². The first kappa shape index (κ1) is 13.1. The van der Waals surface area contributed by atoms with Crippen LogP contribution in [0.1, 0.15) is 25.3 Å². The van der Waals surface area contributed by atoms with Gasteiger partial charge in [0.25, 0.3) is 0 Å². The van der Waals surface area contributed by atoms with E-state index in [0.29, 0.717) is 10.9 Å². The molecule has 1 saturated heterocycles. The SMILES string of the molecule is CC1(C(=O)Cc2cccc(F)c2Br)CCCS1. The highest BCUT2D eigenvalue weighted by molar-refractivity contribution is 9.10. The Hall–Kier alpha value is -0.350. The molecule has 1 atom stereocenters. The number of carbonyl (C=O) groups is 1. The molecule has 1 unspecified atom stereocenters. The summed E-state index contributed by atoms with van der Waals surface area (Å²) in [6, 6.07) is 4.84. The van der Waals surface area contributed by atoms with Crippen LogP contribution in [0.25, 0.3) is 0 Å². The largest absolute Gasteiger partial charge is 0.298 e. The number of hydrogen-bond donors (Lipinski definition) is 0. The van der Waals surface area contributed by atoms with E-state index >= 15 is 0 Å². The summed E-state index contributed by atoms with van der Waals surface area (Å²) in [5, 5.41) is 0. The van der Waals surface area contributed by atoms with Crippen LogP contribution in [-0.2, 0) is 11.2 Å². The Labute approximate surface area is 113 Å². The van der Waals surface area contributed by atoms with Crippen molar-refractivity contribution in [1.29, 1.82) is 0 Å². The Kier molecular flexibility index (Phi) is 3.93. The Morgan fingerprint density at radius 3 is 3.00 bits per heavy atom. The molecule has 0 aromatic heterocycles. The molecular formula is C13H14BrFOS. The molecule has 0 N–H and O–H groups in total. The van der Waals surface area contributed by atoms with Gasteiger partial charge < -0.3 is 0 Å². The van der Waals surface area contributed by atoms with Crippen molar-refractivity contribution in [2.24, 2.45) is 0 Å². The van der Waals surface area contributed by atoms with Gasteiger partial charge in [0.2, 0.25) is 0 Å². The molecule has 0 radical (unpaired) electrons. The second kappa shape index (κ2) is 5.11. The van der Waals surface area contributed by atoms with Gasteiger partial charge in [0.05, 0.1) is 9.22 Å². The molecule has 0 aliphatic carbocycles. The summed E-state index contributed by atoms with van der Waals surface area (Å²) in [6.07, 6.45) is 2.34. The minimum atomic E-state index is -0.306. The quantitative estimate of drug-likeness (QED) is 0.839. The average Bonchev–Trinajstić information content (AvgIpc) is 2.73. The zero-order valence-electron chi connectivity index (χ0n) is 9.63. The van der Waals surface area contributed by atoms with E-state index in [4.69, 9.17) is 0 Å². The van der Waals surface area contributed by atoms with Gasteiger partial charge in [-0.3, -0.25) is 4.79 Å². The van der Waals surface area contributed by atoms with E-state index in [2.05, 4.69) is 15.9 Å². The lowest BCUT2D eigenvalue weighted by atomic mass is 9.95. The zero-order valence-corrected chi connectivity index (χ0v) is 12.0. The van der Waals surface area contributed by atoms with Crippen LogP contribution in [0, 0.1) is 5.82 Å². The van der Waals surface area contributed by atoms with Crippen molar-refractivity contribution in [3.05, 3.63) is 34.1 Å². The highest BCUT2D eigenvalue weighted by Crippen LogP contribution is 2.39. The lowest BCUT2D eigenvalue weighted by molar-refractivity contribution is -0.120. The number of thioether (sulfide) groups is 1. The van der Waals surface area contributed by atoms with E-state index in [9.17, 15) is 9.18 Å². The minimum Gasteiger partial charge on any atom is -0.298 e. The number of benzene rings is 1. The van der Waals surface area contributed by atoms with E-state index in [1.165, 1.54) is 6.07 Å². The molecule has 17 heavy (non-hydrogen) atoms. The van der Waals surface area contributed by atoms with Gasteiger partial charge in [-0.1, -0.05) is 12.1 Å². The maximum atomic E-state index is 13.3. The number of Topliss-reactive ketones (excluding diaryl/α,β-unsaturated/α-hetero) is 1. The van der Waals surface area contributed by atoms with Gasteiger partial charge in [-0.05, 0) is 53.1 Å². The molecule has 0 saturated carbocycles. The monoisotopic (exact) mass is 316 g/mol. The zero-order chi connectivity index (χ0) is 12.5. The first-order valence-corrected chi connectivity index (χ1v) is 7.41. The second-order valence-electron chi connectivity index (χ2n) is 4.50. The first-order valence-electron chi connectivity index (χ1n) is 5.63. The summed E-state index contributed by atoms with van der Waals surface area (Å²) in [5.74, 6) is 0.942. The highest BCUT2D eigenvalue weighted by atomic mass is 79.9. The maximum Gasteiger partial charge on any atom is 0.152 e. The van der Waals surface area contributed by atoms with Crippen LogP contribution in [0.5, 0.6) is 0 Å². The number of rotatable bonds is 3. The predicted octanol–water partition coefficient (Wildman–Crippen LogP) is 3.99. The molecule has 4 heteroatoms. The third-order valence-electron chi connectivity index (χ3n) is 3.19. The molecule has 2 rings (SSSR count). The van der Waals surface area contributed by atoms with E-state index in [0.717, 1.165) is 24.2 Å². The van der Waals surface area contributed by atoms with Crippen molar-refractivity contribution in [1.82, 2.24) is 0 Å². The van der Waals surface area contributed by atoms with Crippen molar-refractivity contribution in [2.45, 2.75) is 30.9 Å². The number of hydrogen-bond acceptors (Lipinski definition) is 2. The van der Waals surface area contributed by atoms with Gasteiger partial charge >= 0.3 is 0 Å². The Morgan fingerprint density at radius 1 is 1.59 bits per heavy atom. The van der Waals surface area contributed by atoms with Gasteiger partial charge in [-0.15, -0.1) is 11.8 Å². The molecule has 1 aromatic rings. The van der Waals surface area contributed by atoms with Crippen molar-refractivity contribution in [2.75, 3.05) is 5.75 Å². The number of halogens is 2. The molecule has 1 aliphatic rings. The van der Waals surface area contributed by atoms with Crippen LogP contribution >= 0.6 is 27.7 Å². The minimum absolute atomic E-state index is 0.200. The summed E-state index contributed by atoms with van der Waals surface area (Å²) < 4.78 is 13.5. The van der Waals surface area contributed by atoms with Gasteiger partial charge in [-0.2, -0.15) is 0 Å². The van der Waals surface area contributed by atoms with Gasteiger partial charge in [-0.25, -0.2) is 4.39 Å². The molecule has 0 amide bonds. The fourth-order valence-corrected chi connectivity index (χ4v) is 3.71. The lowest BCUT2D eigenvalue weighted by Crippen LogP contribution is -2.30. The summed E-state index contributed by atoms with van der Waals surface area (Å²) in [6.45, 7) is 2.00. The Morgan fingerprint density at radius 2 is 2.35 bits per heavy atom. The molecule has 1 fully saturated rings. The Bertz CT molecular complexity index is 441. The van der Waals surface area contributed by atoms with E-state index in [-0.39, 0.29) is 16.3 Å². The standard InChI is InChI=1S/C13H14BrFOS/c1-13(6-3-7-17-13)11(16)8-9-4-2-5-10(15)12(9)14/h2,4-5H,3,6-8H2,1H3. The van der Waals surface area contributed by atoms with Crippen LogP contribution in [0.15, 0.2) is 22.7 Å². The maximum absolute atomic E-state index is 13.3. The topological polar surface area (TPSA) is 17.1 Å². The molecule has 1 aliphatic heterocycles. The summed E-state index contributed by atoms with van der Waals surface area (Å²) in [5.41, 5.74) is 0.740. The first-order chi connectivity index (χ1) is 8.03. The van der Waals surface area contributed by atoms with Crippen LogP contribution in [0.2, 0.25) is 0 Å². The van der Waals surface area contributed by atoms with E-state index in [1.807, 2.05) is 6.92 Å². The van der Waals surface area contributed by atoms with Crippen LogP contribution in [0.4, 0.5) is 4.39 Å². The van der Waals surface area contributed by atoms with Crippen molar-refractivity contribution in [3.8, 4) is 0 Å². The fourth-order valence-electron chi connectivity index (χ4n) is 2.04. The van der Waals surface area contributed by atoms with Gasteiger partial charge in [0, 0.05) is 6.42 Å². The third kappa shape index (κ3) is 2.74. The summed E-state index contributed by atoms with van der Waals surface area (Å²) in [4.78, 5) is 12.2.